The Morgan fingerprint density at radius 2 is 1.73 bits per heavy atom. The van der Waals surface area contributed by atoms with E-state index in [1.54, 1.807) is 30.7 Å². The Balaban J connectivity index is 2.60. The topological polar surface area (TPSA) is 25.8 Å². The van der Waals surface area contributed by atoms with Gasteiger partial charge in [-0.2, -0.15) is 0 Å². The zero-order valence-corrected chi connectivity index (χ0v) is 9.68. The fourth-order valence-corrected chi connectivity index (χ4v) is 1.79. The van der Waals surface area contributed by atoms with Gasteiger partial charge in [-0.1, -0.05) is 34.8 Å². The van der Waals surface area contributed by atoms with Crippen LogP contribution in [0.1, 0.15) is 0 Å². The standard InChI is InChI=1S/C10H5Cl3N2/c11-7-2-1-6(9(12)10(7)13)8-5-14-3-4-15-8/h1-5H. The van der Waals surface area contributed by atoms with E-state index in [-0.39, 0.29) is 0 Å². The van der Waals surface area contributed by atoms with Crippen molar-refractivity contribution in [2.24, 2.45) is 0 Å². The van der Waals surface area contributed by atoms with Gasteiger partial charge in [0.2, 0.25) is 0 Å². The molecule has 0 unspecified atom stereocenters. The molecule has 5 heteroatoms. The Hall–Kier alpha value is -0.830. The van der Waals surface area contributed by atoms with E-state index in [2.05, 4.69) is 9.97 Å². The third-order valence-electron chi connectivity index (χ3n) is 1.87. The van der Waals surface area contributed by atoms with Crippen LogP contribution in [0.15, 0.2) is 30.7 Å². The van der Waals surface area contributed by atoms with Crippen molar-refractivity contribution in [2.75, 3.05) is 0 Å². The molecule has 0 amide bonds. The predicted molar refractivity (Wildman–Crippen MR) is 62.5 cm³/mol. The van der Waals surface area contributed by atoms with Crippen LogP contribution in [-0.4, -0.2) is 9.97 Å². The lowest BCUT2D eigenvalue weighted by Gasteiger charge is -2.05. The molecule has 0 N–H and O–H groups in total. The lowest BCUT2D eigenvalue weighted by atomic mass is 10.1. The zero-order chi connectivity index (χ0) is 10.8. The van der Waals surface area contributed by atoms with Gasteiger partial charge in [0, 0.05) is 18.0 Å². The van der Waals surface area contributed by atoms with Crippen LogP contribution in [0.3, 0.4) is 0 Å². The van der Waals surface area contributed by atoms with Gasteiger partial charge < -0.3 is 0 Å². The summed E-state index contributed by atoms with van der Waals surface area (Å²) in [4.78, 5) is 8.09. The average molecular weight is 260 g/mol. The minimum Gasteiger partial charge on any atom is -0.261 e. The second-order valence-corrected chi connectivity index (χ2v) is 3.98. The van der Waals surface area contributed by atoms with Crippen LogP contribution < -0.4 is 0 Å². The van der Waals surface area contributed by atoms with E-state index < -0.39 is 0 Å². The number of halogens is 3. The highest BCUT2D eigenvalue weighted by Crippen LogP contribution is 2.36. The summed E-state index contributed by atoms with van der Waals surface area (Å²) in [6, 6.07) is 3.44. The van der Waals surface area contributed by atoms with E-state index in [9.17, 15) is 0 Å². The van der Waals surface area contributed by atoms with Gasteiger partial charge in [0.05, 0.1) is 27.0 Å². The third kappa shape index (κ3) is 2.07. The molecule has 76 valence electrons. The quantitative estimate of drug-likeness (QED) is 0.721. The highest BCUT2D eigenvalue weighted by atomic mass is 35.5. The summed E-state index contributed by atoms with van der Waals surface area (Å²) in [7, 11) is 0. The van der Waals surface area contributed by atoms with Crippen molar-refractivity contribution in [1.82, 2.24) is 9.97 Å². The molecule has 0 spiro atoms. The van der Waals surface area contributed by atoms with Crippen molar-refractivity contribution in [3.8, 4) is 11.3 Å². The normalized spacial score (nSPS) is 10.3. The molecule has 2 rings (SSSR count). The fraction of sp³-hybridized carbons (Fsp3) is 0. The maximum atomic E-state index is 6.05. The molecule has 0 bridgehead atoms. The highest BCUT2D eigenvalue weighted by molar-refractivity contribution is 6.49. The van der Waals surface area contributed by atoms with E-state index >= 15 is 0 Å². The van der Waals surface area contributed by atoms with E-state index in [0.29, 0.717) is 20.8 Å². The molecule has 1 aromatic heterocycles. The summed E-state index contributed by atoms with van der Waals surface area (Å²) in [5.74, 6) is 0. The summed E-state index contributed by atoms with van der Waals surface area (Å²) in [6.45, 7) is 0. The Kier molecular flexibility index (Phi) is 3.10. The van der Waals surface area contributed by atoms with Crippen LogP contribution in [0.2, 0.25) is 15.1 Å². The van der Waals surface area contributed by atoms with Crippen molar-refractivity contribution in [1.29, 1.82) is 0 Å². The summed E-state index contributed by atoms with van der Waals surface area (Å²) < 4.78 is 0. The van der Waals surface area contributed by atoms with E-state index in [0.717, 1.165) is 5.56 Å². The largest absolute Gasteiger partial charge is 0.261 e. The van der Waals surface area contributed by atoms with Crippen molar-refractivity contribution < 1.29 is 0 Å². The minimum absolute atomic E-state index is 0.335. The number of aromatic nitrogens is 2. The Labute approximate surface area is 102 Å². The molecule has 1 heterocycles. The molecule has 0 aliphatic rings. The molecule has 0 atom stereocenters. The van der Waals surface area contributed by atoms with Gasteiger partial charge in [0.25, 0.3) is 0 Å². The average Bonchev–Trinajstić information content (AvgIpc) is 2.27. The summed E-state index contributed by atoms with van der Waals surface area (Å²) >= 11 is 17.8. The van der Waals surface area contributed by atoms with E-state index in [4.69, 9.17) is 34.8 Å². The van der Waals surface area contributed by atoms with Gasteiger partial charge in [0.1, 0.15) is 0 Å². The van der Waals surface area contributed by atoms with Crippen molar-refractivity contribution in [3.63, 3.8) is 0 Å². The van der Waals surface area contributed by atoms with Crippen LogP contribution in [0, 0.1) is 0 Å². The number of rotatable bonds is 1. The number of nitrogens with zero attached hydrogens (tertiary/aromatic N) is 2. The first-order valence-corrected chi connectivity index (χ1v) is 5.23. The van der Waals surface area contributed by atoms with Crippen LogP contribution in [0.4, 0.5) is 0 Å². The first kappa shape index (κ1) is 10.7. The predicted octanol–water partition coefficient (Wildman–Crippen LogP) is 4.10. The van der Waals surface area contributed by atoms with Gasteiger partial charge in [0.15, 0.2) is 0 Å². The maximum Gasteiger partial charge on any atom is 0.0900 e. The molecule has 2 nitrogen and oxygen atoms in total. The lowest BCUT2D eigenvalue weighted by Crippen LogP contribution is -1.86. The zero-order valence-electron chi connectivity index (χ0n) is 7.42. The molecule has 0 saturated heterocycles. The number of hydrogen-bond acceptors (Lipinski definition) is 2. The summed E-state index contributed by atoms with van der Waals surface area (Å²) in [6.07, 6.45) is 4.80. The van der Waals surface area contributed by atoms with E-state index in [1.807, 2.05) is 0 Å². The molecule has 2 aromatic rings. The van der Waals surface area contributed by atoms with Gasteiger partial charge in [-0.15, -0.1) is 0 Å². The number of benzene rings is 1. The highest BCUT2D eigenvalue weighted by Gasteiger charge is 2.10. The second-order valence-electron chi connectivity index (χ2n) is 2.81. The molecule has 0 aliphatic heterocycles. The van der Waals surface area contributed by atoms with Crippen LogP contribution in [0.25, 0.3) is 11.3 Å². The fourth-order valence-electron chi connectivity index (χ4n) is 1.16. The Bertz CT molecular complexity index is 486. The van der Waals surface area contributed by atoms with Gasteiger partial charge in [-0.3, -0.25) is 9.97 Å². The van der Waals surface area contributed by atoms with Crippen molar-refractivity contribution in [3.05, 3.63) is 45.8 Å². The summed E-state index contributed by atoms with van der Waals surface area (Å²) in [5.41, 5.74) is 1.39. The molecular formula is C10H5Cl3N2. The molecule has 0 aliphatic carbocycles. The van der Waals surface area contributed by atoms with Gasteiger partial charge in [-0.25, -0.2) is 0 Å². The monoisotopic (exact) mass is 258 g/mol. The molecule has 1 aromatic carbocycles. The molecular weight excluding hydrogens is 254 g/mol. The van der Waals surface area contributed by atoms with E-state index in [1.165, 1.54) is 0 Å². The maximum absolute atomic E-state index is 6.05. The first-order valence-electron chi connectivity index (χ1n) is 4.10. The molecule has 15 heavy (non-hydrogen) atoms. The number of hydrogen-bond donors (Lipinski definition) is 0. The molecule has 0 saturated carbocycles. The Morgan fingerprint density at radius 3 is 2.40 bits per heavy atom. The third-order valence-corrected chi connectivity index (χ3v) is 3.17. The van der Waals surface area contributed by atoms with Gasteiger partial charge >= 0.3 is 0 Å². The van der Waals surface area contributed by atoms with Crippen molar-refractivity contribution >= 4 is 34.8 Å². The van der Waals surface area contributed by atoms with Crippen LogP contribution in [0.5, 0.6) is 0 Å². The van der Waals surface area contributed by atoms with Crippen molar-refractivity contribution in [2.45, 2.75) is 0 Å². The lowest BCUT2D eigenvalue weighted by molar-refractivity contribution is 1.21. The SMILES string of the molecule is Clc1ccc(-c2cnccn2)c(Cl)c1Cl. The molecule has 0 radical (unpaired) electrons. The molecule has 0 fully saturated rings. The first-order chi connectivity index (χ1) is 7.20. The van der Waals surface area contributed by atoms with Gasteiger partial charge in [-0.05, 0) is 12.1 Å². The smallest absolute Gasteiger partial charge is 0.0900 e. The Morgan fingerprint density at radius 1 is 0.933 bits per heavy atom. The second kappa shape index (κ2) is 4.35. The van der Waals surface area contributed by atoms with Crippen LogP contribution in [-0.2, 0) is 0 Å². The summed E-state index contributed by atoms with van der Waals surface area (Å²) in [5, 5.41) is 1.15. The van der Waals surface area contributed by atoms with Crippen LogP contribution >= 0.6 is 34.8 Å². The minimum atomic E-state index is 0.335.